The van der Waals surface area contributed by atoms with E-state index >= 15 is 0 Å². The SMILES string of the molecule is CCOc1ccc(NC(=O)C[C@@H]2C(=O)NCCN2C(=O)CN2CCN(c3ncccn3)CC2)cc1. The maximum atomic E-state index is 13.1. The summed E-state index contributed by atoms with van der Waals surface area (Å²) in [5, 5.41) is 5.57. The summed E-state index contributed by atoms with van der Waals surface area (Å²) in [5.41, 5.74) is 0.604. The number of hydrogen-bond donors (Lipinski definition) is 2. The second-order valence-corrected chi connectivity index (χ2v) is 8.42. The minimum absolute atomic E-state index is 0.107. The topological polar surface area (TPSA) is 120 Å². The molecule has 186 valence electrons. The summed E-state index contributed by atoms with van der Waals surface area (Å²) in [4.78, 5) is 52.6. The first-order chi connectivity index (χ1) is 17.0. The van der Waals surface area contributed by atoms with E-state index in [1.54, 1.807) is 42.7 Å². The van der Waals surface area contributed by atoms with Gasteiger partial charge in [0.1, 0.15) is 11.8 Å². The van der Waals surface area contributed by atoms with E-state index in [2.05, 4.69) is 30.4 Å². The smallest absolute Gasteiger partial charge is 0.243 e. The fraction of sp³-hybridized carbons (Fsp3) is 0.458. The van der Waals surface area contributed by atoms with Gasteiger partial charge in [0.25, 0.3) is 0 Å². The summed E-state index contributed by atoms with van der Waals surface area (Å²) in [7, 11) is 0. The highest BCUT2D eigenvalue weighted by atomic mass is 16.5. The molecule has 2 saturated heterocycles. The number of aromatic nitrogens is 2. The van der Waals surface area contributed by atoms with E-state index in [1.165, 1.54) is 4.90 Å². The number of carbonyl (C=O) groups excluding carboxylic acids is 3. The van der Waals surface area contributed by atoms with Crippen molar-refractivity contribution in [1.82, 2.24) is 25.1 Å². The lowest BCUT2D eigenvalue weighted by Crippen LogP contribution is -2.60. The molecular weight excluding hydrogens is 450 g/mol. The second-order valence-electron chi connectivity index (χ2n) is 8.42. The third-order valence-electron chi connectivity index (χ3n) is 6.05. The maximum absolute atomic E-state index is 13.1. The van der Waals surface area contributed by atoms with Crippen LogP contribution in [0, 0.1) is 0 Å². The second kappa shape index (κ2) is 11.6. The standard InChI is InChI=1S/C24H31N7O4/c1-2-35-19-6-4-18(5-7-19)28-21(32)16-20-23(34)25-10-11-31(20)22(33)17-29-12-14-30(15-13-29)24-26-8-3-9-27-24/h3-9,20H,2,10-17H2,1H3,(H,25,34)(H,28,32)/t20-/m1/s1. The molecule has 2 aromatic rings. The molecule has 0 bridgehead atoms. The fourth-order valence-electron chi connectivity index (χ4n) is 4.25. The minimum Gasteiger partial charge on any atom is -0.494 e. The first kappa shape index (κ1) is 24.4. The van der Waals surface area contributed by atoms with Gasteiger partial charge in [-0.2, -0.15) is 0 Å². The van der Waals surface area contributed by atoms with Crippen molar-refractivity contribution in [2.45, 2.75) is 19.4 Å². The number of benzene rings is 1. The summed E-state index contributed by atoms with van der Waals surface area (Å²) in [6.45, 7) is 6.22. The predicted molar refractivity (Wildman–Crippen MR) is 130 cm³/mol. The Hall–Kier alpha value is -3.73. The van der Waals surface area contributed by atoms with Crippen molar-refractivity contribution in [2.75, 3.05) is 62.6 Å². The quantitative estimate of drug-likeness (QED) is 0.554. The Morgan fingerprint density at radius 2 is 1.80 bits per heavy atom. The van der Waals surface area contributed by atoms with Crippen LogP contribution in [0.1, 0.15) is 13.3 Å². The molecule has 0 radical (unpaired) electrons. The van der Waals surface area contributed by atoms with Gasteiger partial charge in [0.05, 0.1) is 19.6 Å². The number of amides is 3. The molecule has 1 atom stereocenters. The molecule has 0 spiro atoms. The number of nitrogens with zero attached hydrogens (tertiary/aromatic N) is 5. The van der Waals surface area contributed by atoms with E-state index in [0.29, 0.717) is 63.3 Å². The van der Waals surface area contributed by atoms with Crippen LogP contribution in [0.2, 0.25) is 0 Å². The van der Waals surface area contributed by atoms with Gasteiger partial charge in [-0.1, -0.05) is 0 Å². The fourth-order valence-corrected chi connectivity index (χ4v) is 4.25. The zero-order chi connectivity index (χ0) is 24.6. The van der Waals surface area contributed by atoms with Crippen LogP contribution >= 0.6 is 0 Å². The van der Waals surface area contributed by atoms with Gasteiger partial charge in [0.2, 0.25) is 23.7 Å². The van der Waals surface area contributed by atoms with E-state index < -0.39 is 6.04 Å². The van der Waals surface area contributed by atoms with Gasteiger partial charge in [-0.25, -0.2) is 9.97 Å². The van der Waals surface area contributed by atoms with Crippen LogP contribution in [0.4, 0.5) is 11.6 Å². The molecule has 35 heavy (non-hydrogen) atoms. The predicted octanol–water partition coefficient (Wildman–Crippen LogP) is 0.353. The Morgan fingerprint density at radius 1 is 1.09 bits per heavy atom. The van der Waals surface area contributed by atoms with Crippen molar-refractivity contribution in [2.24, 2.45) is 0 Å². The summed E-state index contributed by atoms with van der Waals surface area (Å²) in [6.07, 6.45) is 3.32. The van der Waals surface area contributed by atoms with Crippen molar-refractivity contribution in [3.05, 3.63) is 42.7 Å². The number of anilines is 2. The summed E-state index contributed by atoms with van der Waals surface area (Å²) < 4.78 is 5.41. The third-order valence-corrected chi connectivity index (χ3v) is 6.05. The Kier molecular flexibility index (Phi) is 8.09. The zero-order valence-corrected chi connectivity index (χ0v) is 19.9. The number of nitrogens with one attached hydrogen (secondary N) is 2. The molecule has 2 N–H and O–H groups in total. The minimum atomic E-state index is -0.835. The van der Waals surface area contributed by atoms with Crippen LogP contribution in [-0.4, -0.2) is 96.0 Å². The average Bonchev–Trinajstić information content (AvgIpc) is 2.87. The number of rotatable bonds is 8. The molecule has 3 heterocycles. The molecular formula is C24H31N7O4. The van der Waals surface area contributed by atoms with Crippen LogP contribution in [0.5, 0.6) is 5.75 Å². The third kappa shape index (κ3) is 6.44. The number of piperazine rings is 2. The van der Waals surface area contributed by atoms with E-state index in [1.807, 2.05) is 6.92 Å². The normalized spacial score (nSPS) is 18.7. The molecule has 0 saturated carbocycles. The molecule has 11 heteroatoms. The molecule has 2 fully saturated rings. The highest BCUT2D eigenvalue weighted by Gasteiger charge is 2.35. The van der Waals surface area contributed by atoms with Gasteiger partial charge in [-0.15, -0.1) is 0 Å². The van der Waals surface area contributed by atoms with Gasteiger partial charge in [-0.05, 0) is 37.3 Å². The Labute approximate surface area is 204 Å². The van der Waals surface area contributed by atoms with Crippen LogP contribution in [0.15, 0.2) is 42.7 Å². The Balaban J connectivity index is 1.30. The van der Waals surface area contributed by atoms with Crippen LogP contribution in [0.25, 0.3) is 0 Å². The van der Waals surface area contributed by atoms with Crippen molar-refractivity contribution in [3.8, 4) is 5.75 Å². The lowest BCUT2D eigenvalue weighted by Gasteiger charge is -2.38. The molecule has 4 rings (SSSR count). The number of hydrogen-bond acceptors (Lipinski definition) is 8. The summed E-state index contributed by atoms with van der Waals surface area (Å²) in [6, 6.07) is 7.97. The average molecular weight is 482 g/mol. The highest BCUT2D eigenvalue weighted by molar-refractivity contribution is 5.97. The van der Waals surface area contributed by atoms with Gasteiger partial charge in [0, 0.05) is 57.3 Å². The Morgan fingerprint density at radius 3 is 2.49 bits per heavy atom. The van der Waals surface area contributed by atoms with Crippen LogP contribution in [-0.2, 0) is 14.4 Å². The molecule has 3 amide bonds. The molecule has 2 aliphatic rings. The summed E-state index contributed by atoms with van der Waals surface area (Å²) >= 11 is 0. The van der Waals surface area contributed by atoms with E-state index in [4.69, 9.17) is 4.74 Å². The van der Waals surface area contributed by atoms with Crippen molar-refractivity contribution in [1.29, 1.82) is 0 Å². The van der Waals surface area contributed by atoms with Crippen molar-refractivity contribution >= 4 is 29.4 Å². The molecule has 0 aliphatic carbocycles. The van der Waals surface area contributed by atoms with E-state index in [9.17, 15) is 14.4 Å². The molecule has 2 aliphatic heterocycles. The van der Waals surface area contributed by atoms with Crippen LogP contribution < -0.4 is 20.3 Å². The molecule has 1 aromatic heterocycles. The van der Waals surface area contributed by atoms with E-state index in [-0.39, 0.29) is 30.7 Å². The van der Waals surface area contributed by atoms with Gasteiger partial charge >= 0.3 is 0 Å². The van der Waals surface area contributed by atoms with Crippen LogP contribution in [0.3, 0.4) is 0 Å². The van der Waals surface area contributed by atoms with Gasteiger partial charge in [0.15, 0.2) is 0 Å². The Bertz CT molecular complexity index is 1010. The highest BCUT2D eigenvalue weighted by Crippen LogP contribution is 2.17. The van der Waals surface area contributed by atoms with E-state index in [0.717, 1.165) is 0 Å². The lowest BCUT2D eigenvalue weighted by molar-refractivity contribution is -0.145. The lowest BCUT2D eigenvalue weighted by atomic mass is 10.1. The van der Waals surface area contributed by atoms with Crippen molar-refractivity contribution in [3.63, 3.8) is 0 Å². The first-order valence-corrected chi connectivity index (χ1v) is 11.9. The number of carbonyl (C=O) groups is 3. The molecule has 11 nitrogen and oxygen atoms in total. The zero-order valence-electron chi connectivity index (χ0n) is 19.9. The van der Waals surface area contributed by atoms with Gasteiger partial charge in [-0.3, -0.25) is 19.3 Å². The first-order valence-electron chi connectivity index (χ1n) is 11.9. The number of ether oxygens (including phenoxy) is 1. The largest absolute Gasteiger partial charge is 0.494 e. The van der Waals surface area contributed by atoms with Crippen molar-refractivity contribution < 1.29 is 19.1 Å². The maximum Gasteiger partial charge on any atom is 0.243 e. The summed E-state index contributed by atoms with van der Waals surface area (Å²) in [5.74, 6) is 0.613. The molecule has 0 unspecified atom stereocenters. The molecule has 1 aromatic carbocycles. The monoisotopic (exact) mass is 481 g/mol. The van der Waals surface area contributed by atoms with Gasteiger partial charge < -0.3 is 25.2 Å².